The molecule has 0 saturated carbocycles. The molecule has 158 valence electrons. The van der Waals surface area contributed by atoms with Crippen molar-refractivity contribution >= 4 is 34.0 Å². The summed E-state index contributed by atoms with van der Waals surface area (Å²) >= 11 is 0. The van der Waals surface area contributed by atoms with Gasteiger partial charge in [0.25, 0.3) is 5.91 Å². The van der Waals surface area contributed by atoms with Crippen LogP contribution in [-0.2, 0) is 6.42 Å². The summed E-state index contributed by atoms with van der Waals surface area (Å²) in [6.45, 7) is 7.68. The van der Waals surface area contributed by atoms with Gasteiger partial charge in [-0.15, -0.1) is 10.2 Å². The zero-order valence-electron chi connectivity index (χ0n) is 17.6. The number of piperazine rings is 1. The Balaban J connectivity index is 1.51. The van der Waals surface area contributed by atoms with Crippen LogP contribution in [0.2, 0.25) is 0 Å². The average molecular weight is 416 g/mol. The SMILES string of the molecule is CCc1cc(NC(=O)c2ccc(N3CCNCC3)c3ccnnc23)nn2cc(C)nc12. The Bertz CT molecular complexity index is 1280. The maximum Gasteiger partial charge on any atom is 0.259 e. The number of nitrogens with zero attached hydrogens (tertiary/aromatic N) is 6. The molecule has 5 rings (SSSR count). The average Bonchev–Trinajstić information content (AvgIpc) is 3.18. The Morgan fingerprint density at radius 2 is 2.06 bits per heavy atom. The molecule has 31 heavy (non-hydrogen) atoms. The van der Waals surface area contributed by atoms with E-state index < -0.39 is 0 Å². The lowest BCUT2D eigenvalue weighted by molar-refractivity contribution is 0.102. The molecular formula is C22H24N8O. The topological polar surface area (TPSA) is 100 Å². The number of nitrogens with one attached hydrogen (secondary N) is 2. The van der Waals surface area contributed by atoms with Crippen molar-refractivity contribution in [2.24, 2.45) is 0 Å². The molecule has 0 radical (unpaired) electrons. The highest BCUT2D eigenvalue weighted by molar-refractivity contribution is 6.13. The second kappa shape index (κ2) is 7.92. The number of aromatic nitrogens is 5. The molecule has 3 aromatic heterocycles. The third kappa shape index (κ3) is 3.57. The Labute approximate surface area is 179 Å². The van der Waals surface area contributed by atoms with E-state index in [1.165, 1.54) is 0 Å². The zero-order chi connectivity index (χ0) is 21.4. The molecule has 4 heterocycles. The number of amides is 1. The first-order chi connectivity index (χ1) is 15.1. The van der Waals surface area contributed by atoms with Gasteiger partial charge >= 0.3 is 0 Å². The fraction of sp³-hybridized carbons (Fsp3) is 0.318. The minimum atomic E-state index is -0.261. The van der Waals surface area contributed by atoms with Crippen molar-refractivity contribution in [1.29, 1.82) is 0 Å². The fourth-order valence-electron chi connectivity index (χ4n) is 4.09. The fourth-order valence-corrected chi connectivity index (χ4v) is 4.09. The second-order valence-electron chi connectivity index (χ2n) is 7.68. The van der Waals surface area contributed by atoms with Crippen LogP contribution in [0.15, 0.2) is 36.7 Å². The third-order valence-electron chi connectivity index (χ3n) is 5.61. The van der Waals surface area contributed by atoms with Crippen molar-refractivity contribution < 1.29 is 4.79 Å². The van der Waals surface area contributed by atoms with E-state index in [0.717, 1.165) is 60.6 Å². The van der Waals surface area contributed by atoms with Gasteiger partial charge in [-0.25, -0.2) is 9.50 Å². The van der Waals surface area contributed by atoms with Gasteiger partial charge in [0.15, 0.2) is 11.5 Å². The first-order valence-corrected chi connectivity index (χ1v) is 10.5. The molecule has 1 fully saturated rings. The van der Waals surface area contributed by atoms with Crippen LogP contribution in [0.25, 0.3) is 16.6 Å². The number of carbonyl (C=O) groups excluding carboxylic acids is 1. The van der Waals surface area contributed by atoms with E-state index in [9.17, 15) is 4.79 Å². The van der Waals surface area contributed by atoms with Crippen molar-refractivity contribution in [1.82, 2.24) is 30.1 Å². The second-order valence-corrected chi connectivity index (χ2v) is 7.68. The highest BCUT2D eigenvalue weighted by atomic mass is 16.1. The van der Waals surface area contributed by atoms with E-state index in [1.807, 2.05) is 37.4 Å². The number of aryl methyl sites for hydroxylation is 2. The summed E-state index contributed by atoms with van der Waals surface area (Å²) < 4.78 is 1.72. The van der Waals surface area contributed by atoms with Crippen molar-refractivity contribution in [3.63, 3.8) is 0 Å². The monoisotopic (exact) mass is 416 g/mol. The number of anilines is 2. The van der Waals surface area contributed by atoms with E-state index in [4.69, 9.17) is 0 Å². The molecule has 0 unspecified atom stereocenters. The largest absolute Gasteiger partial charge is 0.368 e. The summed E-state index contributed by atoms with van der Waals surface area (Å²) in [6.07, 6.45) is 4.31. The van der Waals surface area contributed by atoms with E-state index in [2.05, 4.69) is 42.7 Å². The number of hydrogen-bond acceptors (Lipinski definition) is 7. The molecule has 9 nitrogen and oxygen atoms in total. The molecule has 2 N–H and O–H groups in total. The highest BCUT2D eigenvalue weighted by Gasteiger charge is 2.19. The van der Waals surface area contributed by atoms with E-state index >= 15 is 0 Å². The summed E-state index contributed by atoms with van der Waals surface area (Å²) in [5.74, 6) is 0.220. The van der Waals surface area contributed by atoms with Crippen molar-refractivity contribution in [3.8, 4) is 0 Å². The van der Waals surface area contributed by atoms with Gasteiger partial charge in [-0.1, -0.05) is 6.92 Å². The molecule has 0 spiro atoms. The number of hydrogen-bond donors (Lipinski definition) is 2. The highest BCUT2D eigenvalue weighted by Crippen LogP contribution is 2.28. The molecule has 1 aromatic carbocycles. The van der Waals surface area contributed by atoms with Crippen LogP contribution in [-0.4, -0.2) is 56.9 Å². The number of rotatable bonds is 4. The van der Waals surface area contributed by atoms with Gasteiger partial charge in [-0.2, -0.15) is 5.10 Å². The quantitative estimate of drug-likeness (QED) is 0.526. The number of fused-ring (bicyclic) bond motifs is 2. The lowest BCUT2D eigenvalue weighted by Gasteiger charge is -2.30. The van der Waals surface area contributed by atoms with E-state index in [0.29, 0.717) is 16.9 Å². The molecule has 0 bridgehead atoms. The van der Waals surface area contributed by atoms with E-state index in [-0.39, 0.29) is 5.91 Å². The maximum atomic E-state index is 13.2. The Morgan fingerprint density at radius 1 is 1.23 bits per heavy atom. The van der Waals surface area contributed by atoms with Crippen LogP contribution in [0.3, 0.4) is 0 Å². The van der Waals surface area contributed by atoms with Crippen LogP contribution < -0.4 is 15.5 Å². The molecule has 0 aliphatic carbocycles. The summed E-state index contributed by atoms with van der Waals surface area (Å²) in [5, 5.41) is 20.1. The smallest absolute Gasteiger partial charge is 0.259 e. The summed E-state index contributed by atoms with van der Waals surface area (Å²) in [7, 11) is 0. The standard InChI is InChI=1S/C22H24N8O/c1-3-15-12-19(28-30-13-14(2)25-21(15)30)26-22(31)17-4-5-18(29-10-8-23-9-11-29)16-6-7-24-27-20(16)17/h4-7,12-13,23H,3,8-11H2,1-2H3,(H,26,28,31). The van der Waals surface area contributed by atoms with Crippen molar-refractivity contribution in [3.05, 3.63) is 53.5 Å². The van der Waals surface area contributed by atoms with Gasteiger partial charge < -0.3 is 15.5 Å². The summed E-state index contributed by atoms with van der Waals surface area (Å²) in [6, 6.07) is 7.62. The van der Waals surface area contributed by atoms with Gasteiger partial charge in [0.2, 0.25) is 0 Å². The predicted octanol–water partition coefficient (Wildman–Crippen LogP) is 2.21. The number of imidazole rings is 1. The first kappa shape index (κ1) is 19.4. The Hall–Kier alpha value is -3.59. The molecule has 1 aliphatic rings. The molecule has 0 atom stereocenters. The third-order valence-corrected chi connectivity index (χ3v) is 5.61. The van der Waals surface area contributed by atoms with Crippen molar-refractivity contribution in [2.45, 2.75) is 20.3 Å². The number of carbonyl (C=O) groups is 1. The lowest BCUT2D eigenvalue weighted by Crippen LogP contribution is -2.43. The summed E-state index contributed by atoms with van der Waals surface area (Å²) in [5.41, 5.74) is 4.86. The van der Waals surface area contributed by atoms with Crippen LogP contribution in [0, 0.1) is 6.92 Å². The van der Waals surface area contributed by atoms with E-state index in [1.54, 1.807) is 10.7 Å². The first-order valence-electron chi connectivity index (χ1n) is 10.5. The van der Waals surface area contributed by atoms with Crippen molar-refractivity contribution in [2.75, 3.05) is 36.4 Å². The van der Waals surface area contributed by atoms with Crippen LogP contribution >= 0.6 is 0 Å². The zero-order valence-corrected chi connectivity index (χ0v) is 17.6. The van der Waals surface area contributed by atoms with Crippen LogP contribution in [0.4, 0.5) is 11.5 Å². The van der Waals surface area contributed by atoms with Gasteiger partial charge in [0.1, 0.15) is 5.52 Å². The molecule has 9 heteroatoms. The van der Waals surface area contributed by atoms with Gasteiger partial charge in [0.05, 0.1) is 23.7 Å². The minimum Gasteiger partial charge on any atom is -0.368 e. The molecule has 1 amide bonds. The number of benzene rings is 1. The summed E-state index contributed by atoms with van der Waals surface area (Å²) in [4.78, 5) is 20.0. The molecule has 1 aliphatic heterocycles. The van der Waals surface area contributed by atoms with Crippen LogP contribution in [0.5, 0.6) is 0 Å². The van der Waals surface area contributed by atoms with Crippen LogP contribution in [0.1, 0.15) is 28.5 Å². The minimum absolute atomic E-state index is 0.261. The van der Waals surface area contributed by atoms with Gasteiger partial charge in [-0.3, -0.25) is 4.79 Å². The molecule has 4 aromatic rings. The Morgan fingerprint density at radius 3 is 2.87 bits per heavy atom. The van der Waals surface area contributed by atoms with Gasteiger partial charge in [0, 0.05) is 42.8 Å². The molecule has 1 saturated heterocycles. The Kier molecular flexibility index (Phi) is 4.95. The predicted molar refractivity (Wildman–Crippen MR) is 120 cm³/mol. The normalized spacial score (nSPS) is 14.3. The molecular weight excluding hydrogens is 392 g/mol. The lowest BCUT2D eigenvalue weighted by atomic mass is 10.1. The maximum absolute atomic E-state index is 13.2. The van der Waals surface area contributed by atoms with Gasteiger partial charge in [-0.05, 0) is 37.6 Å².